The van der Waals surface area contributed by atoms with E-state index in [0.717, 1.165) is 11.1 Å². The number of benzene rings is 2. The molecule has 0 amide bonds. The minimum Gasteiger partial charge on any atom is -0.496 e. The Bertz CT molecular complexity index is 1040. The Kier molecular flexibility index (Phi) is 4.73. The number of hydrogen-bond donors (Lipinski definition) is 1. The van der Waals surface area contributed by atoms with Crippen LogP contribution in [0.2, 0.25) is 0 Å². The van der Waals surface area contributed by atoms with Gasteiger partial charge in [0.05, 0.1) is 18.2 Å². The smallest absolute Gasteiger partial charge is 0.262 e. The number of hydrogen-bond acceptors (Lipinski definition) is 5. The van der Waals surface area contributed by atoms with Crippen LogP contribution in [0.15, 0.2) is 52.2 Å². The van der Waals surface area contributed by atoms with Gasteiger partial charge in [0.15, 0.2) is 12.2 Å². The Hall–Kier alpha value is -2.80. The predicted molar refractivity (Wildman–Crippen MR) is 100.0 cm³/mol. The molecule has 0 radical (unpaired) electrons. The molecule has 1 N–H and O–H groups in total. The molecule has 0 atom stereocenters. The van der Waals surface area contributed by atoms with Gasteiger partial charge in [-0.15, -0.1) is 0 Å². The lowest BCUT2D eigenvalue weighted by Gasteiger charge is -2.17. The van der Waals surface area contributed by atoms with Gasteiger partial charge in [-0.25, -0.2) is 13.4 Å². The second-order valence-electron chi connectivity index (χ2n) is 6.03. The van der Waals surface area contributed by atoms with Crippen LogP contribution in [0.5, 0.6) is 5.75 Å². The summed E-state index contributed by atoms with van der Waals surface area (Å²) in [6, 6.07) is 8.72. The normalized spacial score (nSPS) is 11.4. The first kappa shape index (κ1) is 18.0. The van der Waals surface area contributed by atoms with Gasteiger partial charge < -0.3 is 9.15 Å². The molecule has 6 nitrogen and oxygen atoms in total. The van der Waals surface area contributed by atoms with Crippen molar-refractivity contribution in [3.05, 3.63) is 59.6 Å². The Morgan fingerprint density at radius 3 is 2.54 bits per heavy atom. The number of sulfonamides is 1. The van der Waals surface area contributed by atoms with Gasteiger partial charge in [-0.2, -0.15) is 0 Å². The fourth-order valence-electron chi connectivity index (χ4n) is 2.95. The van der Waals surface area contributed by atoms with Gasteiger partial charge in [0, 0.05) is 11.3 Å². The van der Waals surface area contributed by atoms with Crippen molar-refractivity contribution in [3.8, 4) is 17.1 Å². The largest absolute Gasteiger partial charge is 0.496 e. The zero-order valence-corrected chi connectivity index (χ0v) is 15.8. The maximum absolute atomic E-state index is 13.0. The highest BCUT2D eigenvalue weighted by molar-refractivity contribution is 7.92. The summed E-state index contributed by atoms with van der Waals surface area (Å²) in [5, 5.41) is 0. The van der Waals surface area contributed by atoms with Crippen LogP contribution in [-0.2, 0) is 10.0 Å². The number of nitrogens with one attached hydrogen (secondary N) is 1. The number of rotatable bonds is 5. The molecule has 26 heavy (non-hydrogen) atoms. The van der Waals surface area contributed by atoms with Crippen LogP contribution in [0.4, 0.5) is 5.69 Å². The van der Waals surface area contributed by atoms with Crippen LogP contribution in [0.25, 0.3) is 11.3 Å². The van der Waals surface area contributed by atoms with Crippen molar-refractivity contribution in [2.45, 2.75) is 25.7 Å². The molecule has 0 saturated heterocycles. The van der Waals surface area contributed by atoms with Gasteiger partial charge in [-0.1, -0.05) is 12.1 Å². The summed E-state index contributed by atoms with van der Waals surface area (Å²) in [6.07, 6.45) is 2.91. The Morgan fingerprint density at radius 2 is 1.88 bits per heavy atom. The topological polar surface area (TPSA) is 81.4 Å². The predicted octanol–water partition coefficient (Wildman–Crippen LogP) is 4.08. The minimum atomic E-state index is -3.76. The monoisotopic (exact) mass is 372 g/mol. The number of anilines is 1. The molecule has 136 valence electrons. The van der Waals surface area contributed by atoms with Crippen molar-refractivity contribution in [2.75, 3.05) is 11.8 Å². The van der Waals surface area contributed by atoms with E-state index in [1.54, 1.807) is 51.4 Å². The van der Waals surface area contributed by atoms with E-state index in [2.05, 4.69) is 9.71 Å². The number of nitrogens with zero attached hydrogens (tertiary/aromatic N) is 1. The van der Waals surface area contributed by atoms with Crippen LogP contribution in [-0.4, -0.2) is 20.5 Å². The summed E-state index contributed by atoms with van der Waals surface area (Å²) < 4.78 is 39.2. The van der Waals surface area contributed by atoms with Crippen LogP contribution < -0.4 is 9.46 Å². The molecule has 0 bridgehead atoms. The molecule has 0 saturated carbocycles. The zero-order valence-electron chi connectivity index (χ0n) is 15.0. The van der Waals surface area contributed by atoms with E-state index < -0.39 is 10.0 Å². The molecule has 0 aliphatic rings. The summed E-state index contributed by atoms with van der Waals surface area (Å²) in [6.45, 7) is 5.38. The van der Waals surface area contributed by atoms with Crippen molar-refractivity contribution >= 4 is 15.7 Å². The van der Waals surface area contributed by atoms with Gasteiger partial charge in [0.2, 0.25) is 0 Å². The molecule has 3 rings (SSSR count). The molecule has 1 heterocycles. The number of aromatic nitrogens is 1. The summed E-state index contributed by atoms with van der Waals surface area (Å²) >= 11 is 0. The van der Waals surface area contributed by atoms with Gasteiger partial charge in [0.1, 0.15) is 5.75 Å². The number of oxazole rings is 1. The average molecular weight is 372 g/mol. The number of aryl methyl sites for hydroxylation is 1. The molecule has 0 unspecified atom stereocenters. The van der Waals surface area contributed by atoms with Crippen LogP contribution in [0, 0.1) is 20.8 Å². The van der Waals surface area contributed by atoms with Crippen molar-refractivity contribution in [1.29, 1.82) is 0 Å². The van der Waals surface area contributed by atoms with E-state index in [0.29, 0.717) is 28.3 Å². The lowest BCUT2D eigenvalue weighted by Crippen LogP contribution is -2.16. The average Bonchev–Trinajstić information content (AvgIpc) is 3.12. The third-order valence-electron chi connectivity index (χ3n) is 4.30. The van der Waals surface area contributed by atoms with E-state index in [4.69, 9.17) is 9.15 Å². The lowest BCUT2D eigenvalue weighted by molar-refractivity contribution is 0.410. The summed E-state index contributed by atoms with van der Waals surface area (Å²) in [5.41, 5.74) is 3.28. The quantitative estimate of drug-likeness (QED) is 0.730. The second-order valence-corrected chi connectivity index (χ2v) is 7.65. The van der Waals surface area contributed by atoms with Crippen molar-refractivity contribution in [3.63, 3.8) is 0 Å². The van der Waals surface area contributed by atoms with Crippen LogP contribution in [0.3, 0.4) is 0 Å². The van der Waals surface area contributed by atoms with E-state index in [1.165, 1.54) is 6.39 Å². The first-order valence-corrected chi connectivity index (χ1v) is 9.48. The third-order valence-corrected chi connectivity index (χ3v) is 5.97. The highest BCUT2D eigenvalue weighted by atomic mass is 32.2. The first-order chi connectivity index (χ1) is 12.3. The Balaban J connectivity index is 2.01. The molecule has 0 aliphatic carbocycles. The maximum Gasteiger partial charge on any atom is 0.262 e. The second kappa shape index (κ2) is 6.84. The SMILES string of the molecule is COc1cc(C)c(S(=O)(=O)Nc2cccc(-c3cnco3)c2)c(C)c1C. The zero-order chi connectivity index (χ0) is 18.9. The molecule has 3 aromatic rings. The van der Waals surface area contributed by atoms with E-state index >= 15 is 0 Å². The van der Waals surface area contributed by atoms with E-state index in [-0.39, 0.29) is 4.90 Å². The third kappa shape index (κ3) is 3.30. The maximum atomic E-state index is 13.0. The van der Waals surface area contributed by atoms with E-state index in [1.807, 2.05) is 13.0 Å². The fourth-order valence-corrected chi connectivity index (χ4v) is 4.53. The van der Waals surface area contributed by atoms with Gasteiger partial charge in [-0.3, -0.25) is 4.72 Å². The Labute approximate surface area is 152 Å². The van der Waals surface area contributed by atoms with Gasteiger partial charge >= 0.3 is 0 Å². The number of ether oxygens (including phenoxy) is 1. The molecule has 0 fully saturated rings. The molecule has 1 aromatic heterocycles. The summed E-state index contributed by atoms with van der Waals surface area (Å²) in [7, 11) is -2.19. The van der Waals surface area contributed by atoms with Crippen molar-refractivity contribution < 1.29 is 17.6 Å². The minimum absolute atomic E-state index is 0.265. The fraction of sp³-hybridized carbons (Fsp3) is 0.211. The molecule has 0 aliphatic heterocycles. The van der Waals surface area contributed by atoms with E-state index in [9.17, 15) is 8.42 Å². The standard InChI is InChI=1S/C19H20N2O4S/c1-12-8-17(24-4)13(2)14(3)19(12)26(22,23)21-16-7-5-6-15(9-16)18-10-20-11-25-18/h5-11,21H,1-4H3. The summed E-state index contributed by atoms with van der Waals surface area (Å²) in [5.74, 6) is 1.24. The first-order valence-electron chi connectivity index (χ1n) is 8.00. The van der Waals surface area contributed by atoms with Gasteiger partial charge in [-0.05, 0) is 55.7 Å². The Morgan fingerprint density at radius 1 is 1.12 bits per heavy atom. The van der Waals surface area contributed by atoms with Crippen molar-refractivity contribution in [1.82, 2.24) is 4.98 Å². The lowest BCUT2D eigenvalue weighted by atomic mass is 10.1. The molecule has 2 aromatic carbocycles. The summed E-state index contributed by atoms with van der Waals surface area (Å²) in [4.78, 5) is 4.15. The molecule has 0 spiro atoms. The molecule has 7 heteroatoms. The van der Waals surface area contributed by atoms with Crippen LogP contribution in [0.1, 0.15) is 16.7 Å². The highest BCUT2D eigenvalue weighted by Gasteiger charge is 2.23. The molecular weight excluding hydrogens is 352 g/mol. The molecular formula is C19H20N2O4S. The van der Waals surface area contributed by atoms with Crippen LogP contribution >= 0.6 is 0 Å². The highest BCUT2D eigenvalue weighted by Crippen LogP contribution is 2.32. The van der Waals surface area contributed by atoms with Gasteiger partial charge in [0.25, 0.3) is 10.0 Å². The number of methoxy groups -OCH3 is 1. The van der Waals surface area contributed by atoms with Crippen molar-refractivity contribution in [2.24, 2.45) is 0 Å².